The van der Waals surface area contributed by atoms with Crippen molar-refractivity contribution in [3.8, 4) is 0 Å². The van der Waals surface area contributed by atoms with E-state index in [0.717, 1.165) is 24.2 Å². The van der Waals surface area contributed by atoms with Crippen LogP contribution in [-0.2, 0) is 6.42 Å². The summed E-state index contributed by atoms with van der Waals surface area (Å²) in [7, 11) is 0. The quantitative estimate of drug-likeness (QED) is 0.796. The Bertz CT molecular complexity index is 564. The van der Waals surface area contributed by atoms with Crippen molar-refractivity contribution in [1.82, 2.24) is 4.98 Å². The molecule has 0 bridgehead atoms. The van der Waals surface area contributed by atoms with E-state index in [1.165, 1.54) is 5.56 Å². The number of ketones is 1. The van der Waals surface area contributed by atoms with E-state index >= 15 is 0 Å². The van der Waals surface area contributed by atoms with Gasteiger partial charge in [0.1, 0.15) is 0 Å². The van der Waals surface area contributed by atoms with Crippen LogP contribution in [0.25, 0.3) is 0 Å². The standard InChI is InChI=1S/C14H12N2O/c17-14(12-2-1-6-15-9-12)11-3-4-13-10(8-11)5-7-16-13/h1-4,6,8-9,16H,5,7H2. The molecule has 3 heteroatoms. The van der Waals surface area contributed by atoms with Gasteiger partial charge in [0.25, 0.3) is 0 Å². The van der Waals surface area contributed by atoms with Crippen LogP contribution < -0.4 is 5.32 Å². The fourth-order valence-corrected chi connectivity index (χ4v) is 2.11. The second-order valence-electron chi connectivity index (χ2n) is 4.12. The normalized spacial score (nSPS) is 12.9. The molecule has 0 atom stereocenters. The number of fused-ring (bicyclic) bond motifs is 1. The van der Waals surface area contributed by atoms with E-state index in [2.05, 4.69) is 10.3 Å². The molecule has 84 valence electrons. The lowest BCUT2D eigenvalue weighted by molar-refractivity contribution is 0.103. The zero-order valence-corrected chi connectivity index (χ0v) is 9.31. The number of anilines is 1. The Morgan fingerprint density at radius 3 is 3.00 bits per heavy atom. The zero-order valence-electron chi connectivity index (χ0n) is 9.31. The highest BCUT2D eigenvalue weighted by atomic mass is 16.1. The first-order chi connectivity index (χ1) is 8.34. The van der Waals surface area contributed by atoms with Crippen LogP contribution in [0.4, 0.5) is 5.69 Å². The van der Waals surface area contributed by atoms with Crippen molar-refractivity contribution >= 4 is 11.5 Å². The van der Waals surface area contributed by atoms with Crippen molar-refractivity contribution in [2.45, 2.75) is 6.42 Å². The van der Waals surface area contributed by atoms with Gasteiger partial charge in [-0.2, -0.15) is 0 Å². The molecule has 1 aromatic carbocycles. The topological polar surface area (TPSA) is 42.0 Å². The van der Waals surface area contributed by atoms with E-state index in [1.807, 2.05) is 18.2 Å². The van der Waals surface area contributed by atoms with E-state index in [-0.39, 0.29) is 5.78 Å². The summed E-state index contributed by atoms with van der Waals surface area (Å²) in [5, 5.41) is 3.28. The minimum Gasteiger partial charge on any atom is -0.384 e. The van der Waals surface area contributed by atoms with Gasteiger partial charge in [0.15, 0.2) is 5.78 Å². The Kier molecular flexibility index (Phi) is 2.37. The second kappa shape index (κ2) is 4.01. The van der Waals surface area contributed by atoms with Gasteiger partial charge in [-0.15, -0.1) is 0 Å². The van der Waals surface area contributed by atoms with Crippen LogP contribution >= 0.6 is 0 Å². The molecular formula is C14H12N2O. The molecule has 1 N–H and O–H groups in total. The molecule has 3 rings (SSSR count). The summed E-state index contributed by atoms with van der Waals surface area (Å²) in [6, 6.07) is 9.39. The van der Waals surface area contributed by atoms with E-state index < -0.39 is 0 Å². The fraction of sp³-hybridized carbons (Fsp3) is 0.143. The molecular weight excluding hydrogens is 212 g/mol. The van der Waals surface area contributed by atoms with E-state index in [9.17, 15) is 4.79 Å². The zero-order chi connectivity index (χ0) is 11.7. The van der Waals surface area contributed by atoms with Crippen LogP contribution in [0, 0.1) is 0 Å². The Labute approximate surface area is 99.5 Å². The molecule has 0 unspecified atom stereocenters. The van der Waals surface area contributed by atoms with Gasteiger partial charge in [0, 0.05) is 35.8 Å². The Balaban J connectivity index is 1.97. The Hall–Kier alpha value is -2.16. The highest BCUT2D eigenvalue weighted by Crippen LogP contribution is 2.24. The number of aromatic nitrogens is 1. The summed E-state index contributed by atoms with van der Waals surface area (Å²) in [6.07, 6.45) is 4.26. The largest absolute Gasteiger partial charge is 0.384 e. The SMILES string of the molecule is O=C(c1cccnc1)c1ccc2c(c1)CCN2. The average Bonchev–Trinajstić information content (AvgIpc) is 2.86. The molecule has 1 aliphatic heterocycles. The number of nitrogens with one attached hydrogen (secondary N) is 1. The monoisotopic (exact) mass is 224 g/mol. The Morgan fingerprint density at radius 1 is 1.24 bits per heavy atom. The predicted molar refractivity (Wildman–Crippen MR) is 66.3 cm³/mol. The summed E-state index contributed by atoms with van der Waals surface area (Å²) in [5.41, 5.74) is 3.74. The van der Waals surface area contributed by atoms with E-state index in [0.29, 0.717) is 5.56 Å². The first-order valence-corrected chi connectivity index (χ1v) is 5.66. The lowest BCUT2D eigenvalue weighted by Crippen LogP contribution is -2.02. The maximum atomic E-state index is 12.2. The van der Waals surface area contributed by atoms with Gasteiger partial charge in [-0.1, -0.05) is 0 Å². The molecule has 0 fully saturated rings. The maximum Gasteiger partial charge on any atom is 0.194 e. The van der Waals surface area contributed by atoms with Gasteiger partial charge in [-0.3, -0.25) is 9.78 Å². The van der Waals surface area contributed by atoms with E-state index in [4.69, 9.17) is 0 Å². The highest BCUT2D eigenvalue weighted by molar-refractivity contribution is 6.09. The number of hydrogen-bond donors (Lipinski definition) is 1. The molecule has 0 saturated heterocycles. The number of nitrogens with zero attached hydrogens (tertiary/aromatic N) is 1. The van der Waals surface area contributed by atoms with Crippen molar-refractivity contribution in [2.24, 2.45) is 0 Å². The molecule has 3 nitrogen and oxygen atoms in total. The lowest BCUT2D eigenvalue weighted by Gasteiger charge is -2.04. The van der Waals surface area contributed by atoms with Gasteiger partial charge >= 0.3 is 0 Å². The molecule has 2 heterocycles. The van der Waals surface area contributed by atoms with Crippen LogP contribution in [0.5, 0.6) is 0 Å². The highest BCUT2D eigenvalue weighted by Gasteiger charge is 2.14. The molecule has 0 aliphatic carbocycles. The van der Waals surface area contributed by atoms with Crippen molar-refractivity contribution < 1.29 is 4.79 Å². The first-order valence-electron chi connectivity index (χ1n) is 5.66. The van der Waals surface area contributed by atoms with Crippen LogP contribution in [0.15, 0.2) is 42.7 Å². The number of hydrogen-bond acceptors (Lipinski definition) is 3. The minimum atomic E-state index is 0.0350. The Morgan fingerprint density at radius 2 is 2.18 bits per heavy atom. The van der Waals surface area contributed by atoms with Crippen molar-refractivity contribution in [1.29, 1.82) is 0 Å². The van der Waals surface area contributed by atoms with E-state index in [1.54, 1.807) is 24.5 Å². The molecule has 2 aromatic rings. The number of carbonyl (C=O) groups excluding carboxylic acids is 1. The van der Waals surface area contributed by atoms with Crippen LogP contribution in [0.1, 0.15) is 21.5 Å². The van der Waals surface area contributed by atoms with Crippen LogP contribution in [0.2, 0.25) is 0 Å². The molecule has 0 radical (unpaired) electrons. The smallest absolute Gasteiger partial charge is 0.194 e. The van der Waals surface area contributed by atoms with Crippen LogP contribution in [0.3, 0.4) is 0 Å². The van der Waals surface area contributed by atoms with Gasteiger partial charge in [0.05, 0.1) is 0 Å². The third kappa shape index (κ3) is 1.80. The third-order valence-corrected chi connectivity index (χ3v) is 3.00. The van der Waals surface area contributed by atoms with Crippen LogP contribution in [-0.4, -0.2) is 17.3 Å². The summed E-state index contributed by atoms with van der Waals surface area (Å²) < 4.78 is 0. The predicted octanol–water partition coefficient (Wildman–Crippen LogP) is 2.28. The summed E-state index contributed by atoms with van der Waals surface area (Å²) >= 11 is 0. The van der Waals surface area contributed by atoms with Crippen molar-refractivity contribution in [2.75, 3.05) is 11.9 Å². The number of carbonyl (C=O) groups is 1. The third-order valence-electron chi connectivity index (χ3n) is 3.00. The van der Waals surface area contributed by atoms with Crippen molar-refractivity contribution in [3.63, 3.8) is 0 Å². The average molecular weight is 224 g/mol. The van der Waals surface area contributed by atoms with Gasteiger partial charge in [0.2, 0.25) is 0 Å². The molecule has 17 heavy (non-hydrogen) atoms. The van der Waals surface area contributed by atoms with Gasteiger partial charge in [-0.25, -0.2) is 0 Å². The summed E-state index contributed by atoms with van der Waals surface area (Å²) in [5.74, 6) is 0.0350. The first kappa shape index (κ1) is 10.0. The van der Waals surface area contributed by atoms with Gasteiger partial charge < -0.3 is 5.32 Å². The number of pyridine rings is 1. The molecule has 0 saturated carbocycles. The molecule has 1 aliphatic rings. The second-order valence-corrected chi connectivity index (χ2v) is 4.12. The molecule has 0 amide bonds. The molecule has 1 aromatic heterocycles. The minimum absolute atomic E-state index is 0.0350. The fourth-order valence-electron chi connectivity index (χ4n) is 2.11. The van der Waals surface area contributed by atoms with Crippen molar-refractivity contribution in [3.05, 3.63) is 59.4 Å². The summed E-state index contributed by atoms with van der Waals surface area (Å²) in [4.78, 5) is 16.2. The molecule has 0 spiro atoms. The number of rotatable bonds is 2. The number of benzene rings is 1. The lowest BCUT2D eigenvalue weighted by atomic mass is 10.0. The maximum absolute atomic E-state index is 12.2. The van der Waals surface area contributed by atoms with Gasteiger partial charge in [-0.05, 0) is 42.3 Å². The summed E-state index contributed by atoms with van der Waals surface area (Å²) in [6.45, 7) is 0.958.